The van der Waals surface area contributed by atoms with E-state index >= 15 is 0 Å². The Morgan fingerprint density at radius 3 is 2.52 bits per heavy atom. The standard InChI is InChI=1S/C17H26BN2O3/c1-12-8-9-14(11-22-20-13(2)19-7)10-15(12)18-23-17(5,6)16(3,4)21/h8-10,21H,7,11H2,1-6H3/b20-13-. The molecule has 0 saturated carbocycles. The van der Waals surface area contributed by atoms with Crippen molar-refractivity contribution in [1.82, 2.24) is 0 Å². The number of aliphatic hydroxyl groups is 1. The normalized spacial score (nSPS) is 12.9. The van der Waals surface area contributed by atoms with E-state index in [1.165, 1.54) is 0 Å². The molecule has 0 unspecified atom stereocenters. The Kier molecular flexibility index (Phi) is 6.53. The van der Waals surface area contributed by atoms with Gasteiger partial charge in [0.25, 0.3) is 0 Å². The molecule has 0 saturated heterocycles. The van der Waals surface area contributed by atoms with Gasteiger partial charge in [0.1, 0.15) is 6.61 Å². The summed E-state index contributed by atoms with van der Waals surface area (Å²) in [4.78, 5) is 8.88. The van der Waals surface area contributed by atoms with Gasteiger partial charge in [-0.15, -0.1) is 0 Å². The zero-order valence-corrected chi connectivity index (χ0v) is 14.9. The molecule has 1 rings (SSSR count). The molecule has 6 heteroatoms. The van der Waals surface area contributed by atoms with E-state index in [2.05, 4.69) is 16.9 Å². The Morgan fingerprint density at radius 1 is 1.30 bits per heavy atom. The summed E-state index contributed by atoms with van der Waals surface area (Å²) in [6, 6.07) is 5.94. The van der Waals surface area contributed by atoms with Gasteiger partial charge in [0.2, 0.25) is 0 Å². The summed E-state index contributed by atoms with van der Waals surface area (Å²) < 4.78 is 5.81. The number of aryl methyl sites for hydroxylation is 1. The highest BCUT2D eigenvalue weighted by atomic mass is 16.6. The molecule has 5 nitrogen and oxygen atoms in total. The lowest BCUT2D eigenvalue weighted by Crippen LogP contribution is -2.49. The van der Waals surface area contributed by atoms with Crippen LogP contribution in [-0.4, -0.2) is 36.3 Å². The van der Waals surface area contributed by atoms with Gasteiger partial charge in [-0.05, 0) is 53.8 Å². The van der Waals surface area contributed by atoms with Crippen molar-refractivity contribution in [3.8, 4) is 0 Å². The highest BCUT2D eigenvalue weighted by Gasteiger charge is 2.35. The van der Waals surface area contributed by atoms with E-state index in [9.17, 15) is 5.11 Å². The van der Waals surface area contributed by atoms with E-state index in [0.717, 1.165) is 16.6 Å². The van der Waals surface area contributed by atoms with Gasteiger partial charge in [-0.25, -0.2) is 4.99 Å². The Bertz CT molecular complexity index is 578. The molecule has 0 amide bonds. The number of aliphatic imine (C=N–C) groups is 1. The second kappa shape index (κ2) is 7.75. The first kappa shape index (κ1) is 19.4. The van der Waals surface area contributed by atoms with Gasteiger partial charge >= 0.3 is 7.48 Å². The number of nitrogens with zero attached hydrogens (tertiary/aromatic N) is 2. The van der Waals surface area contributed by atoms with Crippen molar-refractivity contribution in [1.29, 1.82) is 0 Å². The summed E-state index contributed by atoms with van der Waals surface area (Å²) in [6.45, 7) is 14.6. The lowest BCUT2D eigenvalue weighted by atomic mass is 9.80. The lowest BCUT2D eigenvalue weighted by molar-refractivity contribution is -0.0893. The monoisotopic (exact) mass is 317 g/mol. The zero-order valence-electron chi connectivity index (χ0n) is 14.9. The van der Waals surface area contributed by atoms with Gasteiger partial charge in [0, 0.05) is 0 Å². The van der Waals surface area contributed by atoms with E-state index in [1.54, 1.807) is 28.3 Å². The summed E-state index contributed by atoms with van der Waals surface area (Å²) in [5.41, 5.74) is 1.32. The van der Waals surface area contributed by atoms with Crippen molar-refractivity contribution in [3.05, 3.63) is 29.3 Å². The number of hydrogen-bond donors (Lipinski definition) is 1. The van der Waals surface area contributed by atoms with Crippen LogP contribution in [0.2, 0.25) is 0 Å². The molecule has 0 aliphatic heterocycles. The summed E-state index contributed by atoms with van der Waals surface area (Å²) in [5, 5.41) is 14.0. The van der Waals surface area contributed by atoms with E-state index in [0.29, 0.717) is 12.4 Å². The molecule has 0 atom stereocenters. The molecule has 1 aromatic rings. The molecule has 0 aliphatic rings. The predicted molar refractivity (Wildman–Crippen MR) is 95.5 cm³/mol. The van der Waals surface area contributed by atoms with E-state index < -0.39 is 11.2 Å². The summed E-state index contributed by atoms with van der Waals surface area (Å²) in [6.07, 6.45) is 0. The molecule has 1 N–H and O–H groups in total. The maximum Gasteiger partial charge on any atom is 0.331 e. The third-order valence-electron chi connectivity index (χ3n) is 3.95. The van der Waals surface area contributed by atoms with Crippen molar-refractivity contribution in [2.45, 2.75) is 59.4 Å². The number of amidine groups is 1. The highest BCUT2D eigenvalue weighted by molar-refractivity contribution is 6.47. The van der Waals surface area contributed by atoms with Gasteiger partial charge < -0.3 is 14.6 Å². The van der Waals surface area contributed by atoms with Gasteiger partial charge in [0.05, 0.1) is 11.2 Å². The molecule has 0 fully saturated rings. The summed E-state index contributed by atoms with van der Waals surface area (Å²) in [7, 11) is 1.68. The van der Waals surface area contributed by atoms with Crippen LogP contribution in [0.25, 0.3) is 0 Å². The fourth-order valence-electron chi connectivity index (χ4n) is 1.49. The Labute approximate surface area is 139 Å². The average Bonchev–Trinajstić information content (AvgIpc) is 2.46. The average molecular weight is 317 g/mol. The quantitative estimate of drug-likeness (QED) is 0.363. The Balaban J connectivity index is 2.76. The van der Waals surface area contributed by atoms with Gasteiger partial charge in [-0.2, -0.15) is 0 Å². The fraction of sp³-hybridized carbons (Fsp3) is 0.529. The minimum atomic E-state index is -0.956. The van der Waals surface area contributed by atoms with Crippen molar-refractivity contribution in [3.63, 3.8) is 0 Å². The second-order valence-electron chi connectivity index (χ2n) is 6.57. The Morgan fingerprint density at radius 2 is 1.96 bits per heavy atom. The molecule has 1 aromatic carbocycles. The molecule has 0 aliphatic carbocycles. The summed E-state index contributed by atoms with van der Waals surface area (Å²) in [5.74, 6) is 0.485. The van der Waals surface area contributed by atoms with Crippen LogP contribution in [0.15, 0.2) is 28.3 Å². The minimum absolute atomic E-state index is 0.336. The zero-order chi connectivity index (χ0) is 17.7. The first-order chi connectivity index (χ1) is 10.6. The number of rotatable bonds is 7. The predicted octanol–water partition coefficient (Wildman–Crippen LogP) is 2.36. The molecule has 0 bridgehead atoms. The van der Waals surface area contributed by atoms with Crippen LogP contribution in [-0.2, 0) is 16.1 Å². The van der Waals surface area contributed by atoms with Crippen LogP contribution in [0.5, 0.6) is 0 Å². The van der Waals surface area contributed by atoms with Crippen molar-refractivity contribution >= 4 is 25.5 Å². The molecule has 0 aromatic heterocycles. The third-order valence-corrected chi connectivity index (χ3v) is 3.95. The summed E-state index contributed by atoms with van der Waals surface area (Å²) >= 11 is 0. The molecular weight excluding hydrogens is 291 g/mol. The molecule has 0 heterocycles. The number of oxime groups is 1. The maximum absolute atomic E-state index is 10.1. The van der Waals surface area contributed by atoms with Crippen LogP contribution in [0, 0.1) is 6.92 Å². The Hall–Kier alpha value is -1.66. The van der Waals surface area contributed by atoms with Crippen molar-refractivity contribution in [2.75, 3.05) is 0 Å². The maximum atomic E-state index is 10.1. The van der Waals surface area contributed by atoms with Crippen LogP contribution in [0.3, 0.4) is 0 Å². The fourth-order valence-corrected chi connectivity index (χ4v) is 1.49. The van der Waals surface area contributed by atoms with Crippen LogP contribution >= 0.6 is 0 Å². The number of benzene rings is 1. The topological polar surface area (TPSA) is 63.4 Å². The first-order valence-electron chi connectivity index (χ1n) is 7.53. The molecule has 23 heavy (non-hydrogen) atoms. The van der Waals surface area contributed by atoms with Gasteiger partial charge in [-0.1, -0.05) is 34.4 Å². The smallest absolute Gasteiger partial charge is 0.331 e. The molecule has 1 radical (unpaired) electrons. The van der Waals surface area contributed by atoms with Gasteiger partial charge in [-0.3, -0.25) is 0 Å². The molecular formula is C17H26BN2O3. The van der Waals surface area contributed by atoms with Crippen molar-refractivity contribution in [2.24, 2.45) is 10.1 Å². The largest absolute Gasteiger partial charge is 0.427 e. The van der Waals surface area contributed by atoms with Crippen LogP contribution in [0.4, 0.5) is 0 Å². The molecule has 0 spiro atoms. The van der Waals surface area contributed by atoms with E-state index in [1.807, 2.05) is 39.0 Å². The van der Waals surface area contributed by atoms with Crippen LogP contribution in [0.1, 0.15) is 45.7 Å². The van der Waals surface area contributed by atoms with Crippen LogP contribution < -0.4 is 5.46 Å². The molecule has 125 valence electrons. The SMILES string of the molecule is C=N/C(C)=N\OCc1ccc(C)c([B]OC(C)(C)C(C)(C)O)c1. The number of hydrogen-bond acceptors (Lipinski definition) is 4. The lowest BCUT2D eigenvalue weighted by Gasteiger charge is -2.37. The minimum Gasteiger partial charge on any atom is -0.427 e. The first-order valence-corrected chi connectivity index (χ1v) is 7.53. The van der Waals surface area contributed by atoms with E-state index in [4.69, 9.17) is 9.49 Å². The van der Waals surface area contributed by atoms with E-state index in [-0.39, 0.29) is 0 Å². The third kappa shape index (κ3) is 5.80. The second-order valence-corrected chi connectivity index (χ2v) is 6.57. The highest BCUT2D eigenvalue weighted by Crippen LogP contribution is 2.24. The van der Waals surface area contributed by atoms with Gasteiger partial charge in [0.15, 0.2) is 5.84 Å². The van der Waals surface area contributed by atoms with Crippen molar-refractivity contribution < 1.29 is 14.6 Å².